The Morgan fingerprint density at radius 3 is 2.70 bits per heavy atom. The fourth-order valence-corrected chi connectivity index (χ4v) is 2.06. The summed E-state index contributed by atoms with van der Waals surface area (Å²) >= 11 is 0. The van der Waals surface area contributed by atoms with E-state index in [1.165, 1.54) is 0 Å². The normalized spacial score (nSPS) is 11.1. The Balaban J connectivity index is 1.94. The van der Waals surface area contributed by atoms with Gasteiger partial charge in [-0.15, -0.1) is 0 Å². The Kier molecular flexibility index (Phi) is 6.91. The minimum absolute atomic E-state index is 0.508. The number of benzene rings is 1. The van der Waals surface area contributed by atoms with Gasteiger partial charge in [0.1, 0.15) is 6.61 Å². The topological polar surface area (TPSA) is 58.5 Å². The van der Waals surface area contributed by atoms with E-state index in [0.29, 0.717) is 19.0 Å². The summed E-state index contributed by atoms with van der Waals surface area (Å²) < 4.78 is 5.86. The van der Waals surface area contributed by atoms with E-state index in [2.05, 4.69) is 27.5 Å². The van der Waals surface area contributed by atoms with E-state index in [4.69, 9.17) is 4.74 Å². The zero-order valence-corrected chi connectivity index (χ0v) is 13.7. The fourth-order valence-electron chi connectivity index (χ4n) is 2.06. The molecule has 0 aliphatic carbocycles. The summed E-state index contributed by atoms with van der Waals surface area (Å²) in [6.07, 6.45) is 2.80. The van der Waals surface area contributed by atoms with Gasteiger partial charge in [-0.3, -0.25) is 4.99 Å². The number of rotatable bonds is 7. The largest absolute Gasteiger partial charge is 0.473 e. The summed E-state index contributed by atoms with van der Waals surface area (Å²) in [5.41, 5.74) is 2.13. The number of ether oxygens (including phenoxy) is 1. The fraction of sp³-hybridized carbons (Fsp3) is 0.333. The van der Waals surface area contributed by atoms with Crippen molar-refractivity contribution in [3.05, 3.63) is 59.8 Å². The third kappa shape index (κ3) is 5.62. The molecule has 1 aromatic carbocycles. The first-order chi connectivity index (χ1) is 11.3. The highest BCUT2D eigenvalue weighted by Gasteiger charge is 2.06. The van der Waals surface area contributed by atoms with E-state index in [-0.39, 0.29) is 0 Å². The van der Waals surface area contributed by atoms with Crippen LogP contribution in [0.25, 0.3) is 0 Å². The Morgan fingerprint density at radius 1 is 1.13 bits per heavy atom. The van der Waals surface area contributed by atoms with E-state index in [1.54, 1.807) is 13.2 Å². The zero-order valence-electron chi connectivity index (χ0n) is 13.7. The maximum absolute atomic E-state index is 5.86. The molecule has 0 unspecified atom stereocenters. The summed E-state index contributed by atoms with van der Waals surface area (Å²) in [5.74, 6) is 1.43. The van der Waals surface area contributed by atoms with Crippen LogP contribution in [0.4, 0.5) is 0 Å². The Bertz CT molecular complexity index is 613. The SMILES string of the molecule is CCCNC(=NC)NCc1cccnc1OCc1ccccc1. The van der Waals surface area contributed by atoms with Crippen molar-refractivity contribution in [1.82, 2.24) is 15.6 Å². The van der Waals surface area contributed by atoms with Crippen LogP contribution >= 0.6 is 0 Å². The second kappa shape index (κ2) is 9.46. The summed E-state index contributed by atoms with van der Waals surface area (Å²) in [6, 6.07) is 14.0. The summed E-state index contributed by atoms with van der Waals surface area (Å²) in [6.45, 7) is 4.13. The minimum atomic E-state index is 0.508. The predicted octanol–water partition coefficient (Wildman–Crippen LogP) is 2.74. The number of aliphatic imine (C=N–C) groups is 1. The van der Waals surface area contributed by atoms with Crippen LogP contribution in [0.15, 0.2) is 53.7 Å². The van der Waals surface area contributed by atoms with Crippen LogP contribution < -0.4 is 15.4 Å². The third-order valence-corrected chi connectivity index (χ3v) is 3.28. The van der Waals surface area contributed by atoms with Gasteiger partial charge in [-0.25, -0.2) is 4.98 Å². The number of nitrogens with one attached hydrogen (secondary N) is 2. The van der Waals surface area contributed by atoms with Crippen LogP contribution in [-0.4, -0.2) is 24.5 Å². The number of hydrogen-bond acceptors (Lipinski definition) is 3. The molecule has 2 aromatic rings. The second-order valence-electron chi connectivity index (χ2n) is 5.09. The lowest BCUT2D eigenvalue weighted by Gasteiger charge is -2.13. The standard InChI is InChI=1S/C18H24N4O/c1-3-11-21-18(19-2)22-13-16-10-7-12-20-17(16)23-14-15-8-5-4-6-9-15/h4-10,12H,3,11,13-14H2,1-2H3,(H2,19,21,22). The van der Waals surface area contributed by atoms with Gasteiger partial charge in [0.15, 0.2) is 5.96 Å². The molecule has 2 N–H and O–H groups in total. The number of hydrogen-bond donors (Lipinski definition) is 2. The molecule has 0 spiro atoms. The summed E-state index contributed by atoms with van der Waals surface area (Å²) in [4.78, 5) is 8.53. The number of nitrogens with zero attached hydrogens (tertiary/aromatic N) is 2. The molecule has 5 nitrogen and oxygen atoms in total. The van der Waals surface area contributed by atoms with Crippen LogP contribution in [0.3, 0.4) is 0 Å². The first-order valence-corrected chi connectivity index (χ1v) is 7.88. The van der Waals surface area contributed by atoms with E-state index in [1.807, 2.05) is 42.5 Å². The average Bonchev–Trinajstić information content (AvgIpc) is 2.62. The van der Waals surface area contributed by atoms with E-state index < -0.39 is 0 Å². The molecular weight excluding hydrogens is 288 g/mol. The van der Waals surface area contributed by atoms with Gasteiger partial charge < -0.3 is 15.4 Å². The van der Waals surface area contributed by atoms with Crippen LogP contribution in [0.2, 0.25) is 0 Å². The van der Waals surface area contributed by atoms with Gasteiger partial charge in [-0.2, -0.15) is 0 Å². The van der Waals surface area contributed by atoms with Crippen molar-refractivity contribution < 1.29 is 4.74 Å². The van der Waals surface area contributed by atoms with Gasteiger partial charge >= 0.3 is 0 Å². The molecule has 0 aliphatic rings. The molecule has 23 heavy (non-hydrogen) atoms. The molecule has 5 heteroatoms. The lowest BCUT2D eigenvalue weighted by atomic mass is 10.2. The molecule has 0 amide bonds. The number of guanidine groups is 1. The van der Waals surface area contributed by atoms with Crippen molar-refractivity contribution in [2.24, 2.45) is 4.99 Å². The molecule has 0 saturated carbocycles. The van der Waals surface area contributed by atoms with E-state index >= 15 is 0 Å². The van der Waals surface area contributed by atoms with Gasteiger partial charge in [0.05, 0.1) is 0 Å². The molecule has 1 heterocycles. The highest BCUT2D eigenvalue weighted by molar-refractivity contribution is 5.79. The monoisotopic (exact) mass is 312 g/mol. The van der Waals surface area contributed by atoms with E-state index in [0.717, 1.165) is 30.1 Å². The summed E-state index contributed by atoms with van der Waals surface area (Å²) in [5, 5.41) is 6.52. The van der Waals surface area contributed by atoms with Crippen molar-refractivity contribution in [1.29, 1.82) is 0 Å². The molecule has 0 radical (unpaired) electrons. The van der Waals surface area contributed by atoms with Crippen molar-refractivity contribution in [2.75, 3.05) is 13.6 Å². The van der Waals surface area contributed by atoms with Crippen molar-refractivity contribution >= 4 is 5.96 Å². The minimum Gasteiger partial charge on any atom is -0.473 e. The highest BCUT2D eigenvalue weighted by Crippen LogP contribution is 2.15. The zero-order chi connectivity index (χ0) is 16.3. The lowest BCUT2D eigenvalue weighted by Crippen LogP contribution is -2.37. The van der Waals surface area contributed by atoms with Crippen LogP contribution in [0.5, 0.6) is 5.88 Å². The maximum Gasteiger partial charge on any atom is 0.218 e. The van der Waals surface area contributed by atoms with Gasteiger partial charge in [0.2, 0.25) is 5.88 Å². The quantitative estimate of drug-likeness (QED) is 0.610. The Morgan fingerprint density at radius 2 is 1.96 bits per heavy atom. The number of pyridine rings is 1. The van der Waals surface area contributed by atoms with E-state index in [9.17, 15) is 0 Å². The molecule has 0 saturated heterocycles. The molecule has 0 fully saturated rings. The molecule has 0 aliphatic heterocycles. The molecule has 1 aromatic heterocycles. The Labute approximate surface area is 137 Å². The molecule has 0 bridgehead atoms. The first kappa shape index (κ1) is 16.8. The molecule has 122 valence electrons. The van der Waals surface area contributed by atoms with Crippen LogP contribution in [0.1, 0.15) is 24.5 Å². The van der Waals surface area contributed by atoms with Gasteiger partial charge in [-0.05, 0) is 18.1 Å². The molecule has 2 rings (SSSR count). The smallest absolute Gasteiger partial charge is 0.218 e. The summed E-state index contributed by atoms with van der Waals surface area (Å²) in [7, 11) is 1.76. The molecule has 0 atom stereocenters. The maximum atomic E-state index is 5.86. The Hall–Kier alpha value is -2.56. The number of aromatic nitrogens is 1. The van der Waals surface area contributed by atoms with Gasteiger partial charge in [0.25, 0.3) is 0 Å². The van der Waals surface area contributed by atoms with Crippen molar-refractivity contribution in [2.45, 2.75) is 26.5 Å². The third-order valence-electron chi connectivity index (χ3n) is 3.28. The lowest BCUT2D eigenvalue weighted by molar-refractivity contribution is 0.290. The first-order valence-electron chi connectivity index (χ1n) is 7.88. The molecular formula is C18H24N4O. The second-order valence-corrected chi connectivity index (χ2v) is 5.09. The van der Waals surface area contributed by atoms with Crippen molar-refractivity contribution in [3.63, 3.8) is 0 Å². The predicted molar refractivity (Wildman–Crippen MR) is 93.5 cm³/mol. The van der Waals surface area contributed by atoms with Crippen molar-refractivity contribution in [3.8, 4) is 5.88 Å². The van der Waals surface area contributed by atoms with Crippen LogP contribution in [0, 0.1) is 0 Å². The highest BCUT2D eigenvalue weighted by atomic mass is 16.5. The van der Waals surface area contributed by atoms with Gasteiger partial charge in [-0.1, -0.05) is 43.3 Å². The van der Waals surface area contributed by atoms with Gasteiger partial charge in [0, 0.05) is 31.9 Å². The average molecular weight is 312 g/mol. The van der Waals surface area contributed by atoms with Crippen LogP contribution in [-0.2, 0) is 13.2 Å².